The van der Waals surface area contributed by atoms with E-state index < -0.39 is 5.54 Å². The standard InChI is InChI=1S/C13H25N3O2/c1-5-6-10(14)9-11(17)16-8-7-15(4)12(18)13(16,2)3/h10H,5-9,14H2,1-4H3. The van der Waals surface area contributed by atoms with E-state index >= 15 is 0 Å². The third kappa shape index (κ3) is 3.02. The molecule has 18 heavy (non-hydrogen) atoms. The Bertz CT molecular complexity index is 328. The molecule has 1 saturated heterocycles. The molecule has 0 aromatic rings. The molecule has 5 heteroatoms. The number of rotatable bonds is 4. The van der Waals surface area contributed by atoms with Crippen molar-refractivity contribution in [2.75, 3.05) is 20.1 Å². The molecule has 5 nitrogen and oxygen atoms in total. The number of likely N-dealkylation sites (N-methyl/N-ethyl adjacent to an activating group) is 1. The van der Waals surface area contributed by atoms with Gasteiger partial charge >= 0.3 is 0 Å². The summed E-state index contributed by atoms with van der Waals surface area (Å²) in [6.07, 6.45) is 2.14. The number of carbonyl (C=O) groups excluding carboxylic acids is 2. The molecule has 1 aliphatic rings. The number of nitrogens with zero attached hydrogens (tertiary/aromatic N) is 2. The predicted molar refractivity (Wildman–Crippen MR) is 70.9 cm³/mol. The second-order valence-corrected chi connectivity index (χ2v) is 5.58. The van der Waals surface area contributed by atoms with Crippen LogP contribution in [-0.2, 0) is 9.59 Å². The van der Waals surface area contributed by atoms with Crippen LogP contribution in [0, 0.1) is 0 Å². The molecule has 1 unspecified atom stereocenters. The Labute approximate surface area is 109 Å². The summed E-state index contributed by atoms with van der Waals surface area (Å²) < 4.78 is 0. The van der Waals surface area contributed by atoms with Crippen LogP contribution in [-0.4, -0.2) is 53.3 Å². The van der Waals surface area contributed by atoms with E-state index in [1.807, 2.05) is 6.92 Å². The van der Waals surface area contributed by atoms with Crippen molar-refractivity contribution in [1.29, 1.82) is 0 Å². The van der Waals surface area contributed by atoms with Gasteiger partial charge in [0.15, 0.2) is 0 Å². The molecule has 1 aliphatic heterocycles. The van der Waals surface area contributed by atoms with Crippen LogP contribution in [0.2, 0.25) is 0 Å². The van der Waals surface area contributed by atoms with E-state index in [0.717, 1.165) is 12.8 Å². The van der Waals surface area contributed by atoms with Gasteiger partial charge in [0.2, 0.25) is 11.8 Å². The maximum atomic E-state index is 12.2. The molecule has 2 amide bonds. The Morgan fingerprint density at radius 1 is 1.44 bits per heavy atom. The molecule has 104 valence electrons. The normalized spacial score (nSPS) is 21.1. The summed E-state index contributed by atoms with van der Waals surface area (Å²) in [5.74, 6) is -0.0198. The monoisotopic (exact) mass is 255 g/mol. The van der Waals surface area contributed by atoms with Gasteiger partial charge in [-0.1, -0.05) is 13.3 Å². The highest BCUT2D eigenvalue weighted by molar-refractivity contribution is 5.91. The SMILES string of the molecule is CCCC(N)CC(=O)N1CCN(C)C(=O)C1(C)C. The van der Waals surface area contributed by atoms with E-state index in [2.05, 4.69) is 0 Å². The quantitative estimate of drug-likeness (QED) is 0.799. The number of amides is 2. The van der Waals surface area contributed by atoms with Gasteiger partial charge in [-0.3, -0.25) is 9.59 Å². The molecule has 2 N–H and O–H groups in total. The lowest BCUT2D eigenvalue weighted by Gasteiger charge is -2.45. The number of nitrogens with two attached hydrogens (primary N) is 1. The van der Waals surface area contributed by atoms with Crippen LogP contribution in [0.15, 0.2) is 0 Å². The van der Waals surface area contributed by atoms with Crippen LogP contribution in [0.3, 0.4) is 0 Å². The molecule has 0 aliphatic carbocycles. The zero-order valence-electron chi connectivity index (χ0n) is 11.9. The third-order valence-corrected chi connectivity index (χ3v) is 3.60. The maximum Gasteiger partial charge on any atom is 0.247 e. The van der Waals surface area contributed by atoms with E-state index in [9.17, 15) is 9.59 Å². The van der Waals surface area contributed by atoms with Crippen molar-refractivity contribution in [2.45, 2.75) is 51.6 Å². The highest BCUT2D eigenvalue weighted by atomic mass is 16.2. The van der Waals surface area contributed by atoms with Crippen molar-refractivity contribution in [3.05, 3.63) is 0 Å². The lowest BCUT2D eigenvalue weighted by atomic mass is 9.96. The lowest BCUT2D eigenvalue weighted by Crippen LogP contribution is -2.64. The summed E-state index contributed by atoms with van der Waals surface area (Å²) in [5, 5.41) is 0. The second-order valence-electron chi connectivity index (χ2n) is 5.58. The van der Waals surface area contributed by atoms with Crippen molar-refractivity contribution >= 4 is 11.8 Å². The largest absolute Gasteiger partial charge is 0.342 e. The summed E-state index contributed by atoms with van der Waals surface area (Å²) in [4.78, 5) is 27.6. The minimum Gasteiger partial charge on any atom is -0.342 e. The minimum atomic E-state index is -0.754. The smallest absolute Gasteiger partial charge is 0.247 e. The zero-order valence-corrected chi connectivity index (χ0v) is 11.9. The van der Waals surface area contributed by atoms with Crippen molar-refractivity contribution < 1.29 is 9.59 Å². The maximum absolute atomic E-state index is 12.2. The number of hydrogen-bond acceptors (Lipinski definition) is 3. The molecular weight excluding hydrogens is 230 g/mol. The van der Waals surface area contributed by atoms with E-state index in [1.54, 1.807) is 30.7 Å². The van der Waals surface area contributed by atoms with Gasteiger partial charge in [0.25, 0.3) is 0 Å². The molecule has 0 aromatic carbocycles. The first kappa shape index (κ1) is 15.0. The van der Waals surface area contributed by atoms with Gasteiger partial charge in [-0.25, -0.2) is 0 Å². The van der Waals surface area contributed by atoms with Gasteiger partial charge in [0.1, 0.15) is 5.54 Å². The molecule has 0 aromatic heterocycles. The average Bonchev–Trinajstić information content (AvgIpc) is 2.26. The molecule has 1 fully saturated rings. The Balaban J connectivity index is 2.71. The van der Waals surface area contributed by atoms with Gasteiger partial charge in [0.05, 0.1) is 0 Å². The summed E-state index contributed by atoms with van der Waals surface area (Å²) in [5.41, 5.74) is 5.15. The number of piperazine rings is 1. The summed E-state index contributed by atoms with van der Waals surface area (Å²) >= 11 is 0. The van der Waals surface area contributed by atoms with E-state index in [0.29, 0.717) is 19.5 Å². The minimum absolute atomic E-state index is 0.00818. The number of carbonyl (C=O) groups is 2. The molecule has 0 radical (unpaired) electrons. The van der Waals surface area contributed by atoms with Crippen LogP contribution >= 0.6 is 0 Å². The molecule has 1 rings (SSSR count). The molecule has 0 spiro atoms. The van der Waals surface area contributed by atoms with Crippen LogP contribution in [0.5, 0.6) is 0 Å². The topological polar surface area (TPSA) is 66.6 Å². The Morgan fingerprint density at radius 2 is 2.06 bits per heavy atom. The van der Waals surface area contributed by atoms with E-state index in [-0.39, 0.29) is 17.9 Å². The summed E-state index contributed by atoms with van der Waals surface area (Å²) in [6.45, 7) is 6.83. The first-order valence-corrected chi connectivity index (χ1v) is 6.62. The van der Waals surface area contributed by atoms with Crippen LogP contribution in [0.4, 0.5) is 0 Å². The highest BCUT2D eigenvalue weighted by Gasteiger charge is 2.42. The van der Waals surface area contributed by atoms with Gasteiger partial charge in [-0.2, -0.15) is 0 Å². The van der Waals surface area contributed by atoms with Gasteiger partial charge in [-0.05, 0) is 20.3 Å². The van der Waals surface area contributed by atoms with Crippen LogP contribution in [0.1, 0.15) is 40.0 Å². The fourth-order valence-corrected chi connectivity index (χ4v) is 2.46. The van der Waals surface area contributed by atoms with Crippen LogP contribution in [0.25, 0.3) is 0 Å². The lowest BCUT2D eigenvalue weighted by molar-refractivity contribution is -0.157. The Kier molecular flexibility index (Phi) is 4.73. The van der Waals surface area contributed by atoms with Gasteiger partial charge in [0, 0.05) is 32.6 Å². The van der Waals surface area contributed by atoms with Crippen molar-refractivity contribution in [1.82, 2.24) is 9.80 Å². The van der Waals surface area contributed by atoms with Crippen molar-refractivity contribution in [3.63, 3.8) is 0 Å². The summed E-state index contributed by atoms with van der Waals surface area (Å²) in [6, 6.07) is -0.104. The molecule has 1 atom stereocenters. The van der Waals surface area contributed by atoms with Crippen molar-refractivity contribution in [2.24, 2.45) is 5.73 Å². The van der Waals surface area contributed by atoms with E-state index in [4.69, 9.17) is 5.73 Å². The average molecular weight is 255 g/mol. The predicted octanol–water partition coefficient (Wildman–Crippen LogP) is 0.583. The highest BCUT2D eigenvalue weighted by Crippen LogP contribution is 2.22. The fourth-order valence-electron chi connectivity index (χ4n) is 2.46. The Hall–Kier alpha value is -1.10. The zero-order chi connectivity index (χ0) is 13.9. The summed E-state index contributed by atoms with van der Waals surface area (Å²) in [7, 11) is 1.77. The molecule has 0 bridgehead atoms. The second kappa shape index (κ2) is 5.69. The first-order valence-electron chi connectivity index (χ1n) is 6.62. The van der Waals surface area contributed by atoms with Gasteiger partial charge in [-0.15, -0.1) is 0 Å². The Morgan fingerprint density at radius 3 is 2.61 bits per heavy atom. The van der Waals surface area contributed by atoms with Crippen molar-refractivity contribution in [3.8, 4) is 0 Å². The third-order valence-electron chi connectivity index (χ3n) is 3.60. The first-order chi connectivity index (χ1) is 8.30. The molecule has 1 heterocycles. The molecular formula is C13H25N3O2. The van der Waals surface area contributed by atoms with Gasteiger partial charge < -0.3 is 15.5 Å². The van der Waals surface area contributed by atoms with Crippen LogP contribution < -0.4 is 5.73 Å². The number of hydrogen-bond donors (Lipinski definition) is 1. The van der Waals surface area contributed by atoms with E-state index in [1.165, 1.54) is 0 Å². The fraction of sp³-hybridized carbons (Fsp3) is 0.846. The molecule has 0 saturated carbocycles.